The highest BCUT2D eigenvalue weighted by Crippen LogP contribution is 2.27. The van der Waals surface area contributed by atoms with E-state index in [0.717, 1.165) is 0 Å². The number of rotatable bonds is 10. The van der Waals surface area contributed by atoms with Crippen LogP contribution in [0, 0.1) is 0 Å². The van der Waals surface area contributed by atoms with E-state index in [0.29, 0.717) is 33.6 Å². The minimum atomic E-state index is -0.685. The third kappa shape index (κ3) is 7.65. The highest BCUT2D eigenvalue weighted by molar-refractivity contribution is 6.32. The largest absolute Gasteiger partial charge is 0.497 e. The van der Waals surface area contributed by atoms with Crippen LogP contribution in [0.3, 0.4) is 0 Å². The molecule has 0 aliphatic carbocycles. The number of ether oxygens (including phenoxy) is 4. The van der Waals surface area contributed by atoms with Gasteiger partial charge in [0.15, 0.2) is 13.2 Å². The maximum Gasteiger partial charge on any atom is 0.338 e. The summed E-state index contributed by atoms with van der Waals surface area (Å²) in [6, 6.07) is 17.7. The molecule has 0 spiro atoms. The molecular formula is C25H23ClN2O7. The van der Waals surface area contributed by atoms with E-state index in [9.17, 15) is 14.4 Å². The second-order valence-electron chi connectivity index (χ2n) is 7.07. The van der Waals surface area contributed by atoms with Crippen molar-refractivity contribution in [2.75, 3.05) is 38.1 Å². The van der Waals surface area contributed by atoms with Crippen LogP contribution >= 0.6 is 11.6 Å². The second-order valence-corrected chi connectivity index (χ2v) is 7.47. The Bertz CT molecular complexity index is 1200. The van der Waals surface area contributed by atoms with Gasteiger partial charge in [0.1, 0.15) is 17.2 Å². The van der Waals surface area contributed by atoms with Crippen molar-refractivity contribution in [3.05, 3.63) is 77.3 Å². The smallest absolute Gasteiger partial charge is 0.338 e. The molecule has 0 heterocycles. The summed E-state index contributed by atoms with van der Waals surface area (Å²) in [7, 11) is 3.02. The van der Waals surface area contributed by atoms with E-state index in [1.165, 1.54) is 44.6 Å². The number of amides is 2. The number of halogens is 1. The zero-order chi connectivity index (χ0) is 25.2. The van der Waals surface area contributed by atoms with Gasteiger partial charge < -0.3 is 29.6 Å². The fraction of sp³-hybridized carbons (Fsp3) is 0.160. The summed E-state index contributed by atoms with van der Waals surface area (Å²) in [4.78, 5) is 36.4. The number of carbonyl (C=O) groups excluding carboxylic acids is 3. The predicted octanol–water partition coefficient (Wildman–Crippen LogP) is 4.17. The minimum Gasteiger partial charge on any atom is -0.497 e. The molecule has 0 unspecified atom stereocenters. The molecule has 9 nitrogen and oxygen atoms in total. The van der Waals surface area contributed by atoms with Crippen molar-refractivity contribution in [2.45, 2.75) is 0 Å². The van der Waals surface area contributed by atoms with Crippen LogP contribution in [0.5, 0.6) is 17.2 Å². The zero-order valence-electron chi connectivity index (χ0n) is 19.0. The molecule has 182 valence electrons. The van der Waals surface area contributed by atoms with Crippen LogP contribution in [0.2, 0.25) is 5.02 Å². The van der Waals surface area contributed by atoms with Crippen molar-refractivity contribution in [2.24, 2.45) is 0 Å². The Hall–Kier alpha value is -4.24. The molecule has 0 aliphatic heterocycles. The van der Waals surface area contributed by atoms with Gasteiger partial charge in [-0.15, -0.1) is 0 Å². The zero-order valence-corrected chi connectivity index (χ0v) is 19.8. The molecule has 2 amide bonds. The first-order valence-electron chi connectivity index (χ1n) is 10.3. The van der Waals surface area contributed by atoms with Gasteiger partial charge in [-0.3, -0.25) is 9.59 Å². The number of anilines is 2. The summed E-state index contributed by atoms with van der Waals surface area (Å²) >= 11 is 6.02. The number of hydrogen-bond acceptors (Lipinski definition) is 7. The molecular weight excluding hydrogens is 476 g/mol. The van der Waals surface area contributed by atoms with Crippen molar-refractivity contribution in [3.63, 3.8) is 0 Å². The molecule has 3 rings (SSSR count). The van der Waals surface area contributed by atoms with Crippen LogP contribution in [-0.2, 0) is 14.3 Å². The summed E-state index contributed by atoms with van der Waals surface area (Å²) in [5.74, 6) is -0.0889. The fourth-order valence-electron chi connectivity index (χ4n) is 2.89. The van der Waals surface area contributed by atoms with Gasteiger partial charge in [0.05, 0.1) is 24.8 Å². The quantitative estimate of drug-likeness (QED) is 0.403. The van der Waals surface area contributed by atoms with Crippen molar-refractivity contribution in [3.8, 4) is 17.2 Å². The first-order valence-corrected chi connectivity index (χ1v) is 10.7. The van der Waals surface area contributed by atoms with E-state index in [2.05, 4.69) is 10.6 Å². The van der Waals surface area contributed by atoms with Gasteiger partial charge in [-0.2, -0.15) is 0 Å². The van der Waals surface area contributed by atoms with E-state index >= 15 is 0 Å². The third-order valence-electron chi connectivity index (χ3n) is 4.58. The average Bonchev–Trinajstić information content (AvgIpc) is 2.86. The molecule has 3 aromatic carbocycles. The number of methoxy groups -OCH3 is 2. The summed E-state index contributed by atoms with van der Waals surface area (Å²) in [5.41, 5.74) is 1.24. The lowest BCUT2D eigenvalue weighted by molar-refractivity contribution is -0.119. The van der Waals surface area contributed by atoms with E-state index < -0.39 is 18.5 Å². The SMILES string of the molecule is COc1cccc(NC(=O)COc2ccc(C(=O)OCC(=O)Nc3ccc(OC)c(Cl)c3)cc2)c1. The van der Waals surface area contributed by atoms with Gasteiger partial charge in [-0.1, -0.05) is 17.7 Å². The van der Waals surface area contributed by atoms with Crippen LogP contribution in [0.15, 0.2) is 66.7 Å². The lowest BCUT2D eigenvalue weighted by Crippen LogP contribution is -2.21. The topological polar surface area (TPSA) is 112 Å². The first kappa shape index (κ1) is 25.4. The molecule has 0 atom stereocenters. The molecule has 2 N–H and O–H groups in total. The molecule has 35 heavy (non-hydrogen) atoms. The molecule has 3 aromatic rings. The molecule has 0 fully saturated rings. The third-order valence-corrected chi connectivity index (χ3v) is 4.88. The van der Waals surface area contributed by atoms with Crippen LogP contribution in [0.4, 0.5) is 11.4 Å². The standard InChI is InChI=1S/C25H23ClN2O7/c1-32-20-5-3-4-17(12-20)27-23(29)14-34-19-9-6-16(7-10-19)25(31)35-15-24(30)28-18-8-11-22(33-2)21(26)13-18/h3-13H,14-15H2,1-2H3,(H,27,29)(H,28,30). The monoisotopic (exact) mass is 498 g/mol. The molecule has 0 aliphatic rings. The lowest BCUT2D eigenvalue weighted by atomic mass is 10.2. The maximum atomic E-state index is 12.2. The highest BCUT2D eigenvalue weighted by Gasteiger charge is 2.12. The first-order chi connectivity index (χ1) is 16.9. The van der Waals surface area contributed by atoms with E-state index in [4.69, 9.17) is 30.5 Å². The van der Waals surface area contributed by atoms with Crippen LogP contribution in [0.1, 0.15) is 10.4 Å². The molecule has 0 bridgehead atoms. The Balaban J connectivity index is 1.43. The Morgan fingerprint density at radius 2 is 1.46 bits per heavy atom. The number of carbonyl (C=O) groups is 3. The molecule has 0 aromatic heterocycles. The van der Waals surface area contributed by atoms with Crippen molar-refractivity contribution < 1.29 is 33.3 Å². The number of benzene rings is 3. The maximum absolute atomic E-state index is 12.2. The van der Waals surface area contributed by atoms with Crippen LogP contribution in [-0.4, -0.2) is 45.2 Å². The number of hydrogen-bond donors (Lipinski definition) is 2. The molecule has 0 saturated heterocycles. The van der Waals surface area contributed by atoms with Crippen molar-refractivity contribution in [1.29, 1.82) is 0 Å². The van der Waals surface area contributed by atoms with Crippen molar-refractivity contribution >= 4 is 40.8 Å². The Morgan fingerprint density at radius 1 is 0.771 bits per heavy atom. The van der Waals surface area contributed by atoms with Gasteiger partial charge >= 0.3 is 5.97 Å². The summed E-state index contributed by atoms with van der Waals surface area (Å²) in [6.45, 7) is -0.707. The minimum absolute atomic E-state index is 0.221. The summed E-state index contributed by atoms with van der Waals surface area (Å²) in [5, 5.41) is 5.62. The Labute approximate surface area is 206 Å². The fourth-order valence-corrected chi connectivity index (χ4v) is 3.15. The van der Waals surface area contributed by atoms with Crippen molar-refractivity contribution in [1.82, 2.24) is 0 Å². The number of esters is 1. The Morgan fingerprint density at radius 3 is 2.11 bits per heavy atom. The Kier molecular flexibility index (Phi) is 8.91. The predicted molar refractivity (Wildman–Crippen MR) is 130 cm³/mol. The van der Waals surface area contributed by atoms with Gasteiger partial charge in [0.2, 0.25) is 0 Å². The van der Waals surface area contributed by atoms with E-state index in [1.807, 2.05) is 0 Å². The van der Waals surface area contributed by atoms with Gasteiger partial charge in [-0.25, -0.2) is 4.79 Å². The van der Waals surface area contributed by atoms with Crippen LogP contribution in [0.25, 0.3) is 0 Å². The lowest BCUT2D eigenvalue weighted by Gasteiger charge is -2.10. The van der Waals surface area contributed by atoms with E-state index in [-0.39, 0.29) is 18.1 Å². The highest BCUT2D eigenvalue weighted by atomic mass is 35.5. The van der Waals surface area contributed by atoms with E-state index in [1.54, 1.807) is 36.4 Å². The molecule has 10 heteroatoms. The van der Waals surface area contributed by atoms with Gasteiger partial charge in [-0.05, 0) is 54.6 Å². The molecule has 0 saturated carbocycles. The average molecular weight is 499 g/mol. The van der Waals surface area contributed by atoms with Gasteiger partial charge in [0.25, 0.3) is 11.8 Å². The normalized spacial score (nSPS) is 10.1. The van der Waals surface area contributed by atoms with Crippen LogP contribution < -0.4 is 24.8 Å². The number of nitrogens with one attached hydrogen (secondary N) is 2. The summed E-state index contributed by atoms with van der Waals surface area (Å²) in [6.07, 6.45) is 0. The van der Waals surface area contributed by atoms with Gasteiger partial charge in [0, 0.05) is 17.4 Å². The molecule has 0 radical (unpaired) electrons. The second kappa shape index (κ2) is 12.3. The summed E-state index contributed by atoms with van der Waals surface area (Å²) < 4.78 is 20.6.